The first-order chi connectivity index (χ1) is 9.59. The van der Waals surface area contributed by atoms with Gasteiger partial charge in [0, 0.05) is 0 Å². The molecule has 1 N–H and O–H groups in total. The molecule has 0 radical (unpaired) electrons. The van der Waals surface area contributed by atoms with Crippen LogP contribution in [0.3, 0.4) is 0 Å². The van der Waals surface area contributed by atoms with Crippen LogP contribution in [0.5, 0.6) is 0 Å². The Morgan fingerprint density at radius 3 is 2.40 bits per heavy atom. The minimum Gasteiger partial charge on any atom is -0.394 e. The fourth-order valence-corrected chi connectivity index (χ4v) is 3.45. The molecule has 4 heteroatoms. The quantitative estimate of drug-likeness (QED) is 0.841. The number of nitrogens with zero attached hydrogens (tertiary/aromatic N) is 1. The van der Waals surface area contributed by atoms with Crippen LogP contribution in [0.1, 0.15) is 58.4 Å². The van der Waals surface area contributed by atoms with Gasteiger partial charge in [-0.1, -0.05) is 30.9 Å². The van der Waals surface area contributed by atoms with E-state index in [2.05, 4.69) is 0 Å². The smallest absolute Gasteiger partial charge is 0.262 e. The summed E-state index contributed by atoms with van der Waals surface area (Å²) in [5.74, 6) is -0.495. The first-order valence-corrected chi connectivity index (χ1v) is 7.19. The molecule has 1 aliphatic carbocycles. The number of hydrogen-bond acceptors (Lipinski definition) is 3. The summed E-state index contributed by atoms with van der Waals surface area (Å²) >= 11 is 0. The van der Waals surface area contributed by atoms with Gasteiger partial charge in [0.05, 0.1) is 23.3 Å². The lowest BCUT2D eigenvalue weighted by molar-refractivity contribution is 0.0114. The lowest BCUT2D eigenvalue weighted by atomic mass is 9.81. The summed E-state index contributed by atoms with van der Waals surface area (Å²) in [6, 6.07) is 5.34. The van der Waals surface area contributed by atoms with Crippen LogP contribution in [-0.4, -0.2) is 34.0 Å². The number of fused-ring (bicyclic) bond motifs is 1. The second-order valence-corrected chi connectivity index (χ2v) is 5.94. The predicted molar refractivity (Wildman–Crippen MR) is 74.6 cm³/mol. The molecule has 20 heavy (non-hydrogen) atoms. The predicted octanol–water partition coefficient (Wildman–Crippen LogP) is 2.29. The average Bonchev–Trinajstić information content (AvgIpc) is 2.71. The second-order valence-electron chi connectivity index (χ2n) is 5.94. The molecular formula is C16H19NO3. The van der Waals surface area contributed by atoms with Gasteiger partial charge in [-0.3, -0.25) is 14.5 Å². The molecule has 0 unspecified atom stereocenters. The molecule has 0 bridgehead atoms. The van der Waals surface area contributed by atoms with Crippen LogP contribution >= 0.6 is 0 Å². The Morgan fingerprint density at radius 2 is 1.75 bits per heavy atom. The zero-order chi connectivity index (χ0) is 14.3. The van der Waals surface area contributed by atoms with Crippen molar-refractivity contribution in [3.8, 4) is 0 Å². The van der Waals surface area contributed by atoms with Gasteiger partial charge in [-0.05, 0) is 31.9 Å². The first kappa shape index (κ1) is 13.3. The van der Waals surface area contributed by atoms with Crippen LogP contribution in [0.4, 0.5) is 0 Å². The van der Waals surface area contributed by atoms with E-state index >= 15 is 0 Å². The van der Waals surface area contributed by atoms with Crippen molar-refractivity contribution in [1.82, 2.24) is 4.90 Å². The monoisotopic (exact) mass is 273 g/mol. The SMILES string of the molecule is Cc1ccc2c(c1)C(=O)N(C1(CO)CCCCC1)C2=O. The van der Waals surface area contributed by atoms with Crippen LogP contribution in [0, 0.1) is 6.92 Å². The van der Waals surface area contributed by atoms with E-state index in [-0.39, 0.29) is 18.4 Å². The van der Waals surface area contributed by atoms with Crippen LogP contribution in [0.15, 0.2) is 18.2 Å². The standard InChI is InChI=1S/C16H19NO3/c1-11-5-6-12-13(9-11)15(20)17(14(12)19)16(10-18)7-3-2-4-8-16/h5-6,9,18H,2-4,7-8,10H2,1H3. The summed E-state index contributed by atoms with van der Waals surface area (Å²) in [7, 11) is 0. The molecule has 0 aromatic heterocycles. The third-order valence-electron chi connectivity index (χ3n) is 4.59. The fraction of sp³-hybridized carbons (Fsp3) is 0.500. The minimum absolute atomic E-state index is 0.141. The Labute approximate surface area is 118 Å². The number of imide groups is 1. The summed E-state index contributed by atoms with van der Waals surface area (Å²) in [4.78, 5) is 26.5. The molecule has 106 valence electrons. The lowest BCUT2D eigenvalue weighted by Gasteiger charge is -2.41. The van der Waals surface area contributed by atoms with Crippen molar-refractivity contribution < 1.29 is 14.7 Å². The molecule has 2 aliphatic rings. The van der Waals surface area contributed by atoms with Crippen LogP contribution < -0.4 is 0 Å². The van der Waals surface area contributed by atoms with E-state index in [0.717, 1.165) is 24.8 Å². The van der Waals surface area contributed by atoms with Crippen LogP contribution in [0.2, 0.25) is 0 Å². The molecule has 2 amide bonds. The molecule has 3 rings (SSSR count). The zero-order valence-electron chi connectivity index (χ0n) is 11.7. The van der Waals surface area contributed by atoms with Gasteiger partial charge in [-0.15, -0.1) is 0 Å². The first-order valence-electron chi connectivity index (χ1n) is 7.19. The Kier molecular flexibility index (Phi) is 3.13. The van der Waals surface area contributed by atoms with Crippen molar-refractivity contribution in [3.63, 3.8) is 0 Å². The van der Waals surface area contributed by atoms with Gasteiger partial charge in [-0.25, -0.2) is 0 Å². The highest BCUT2D eigenvalue weighted by molar-refractivity contribution is 6.22. The number of benzene rings is 1. The van der Waals surface area contributed by atoms with E-state index in [1.54, 1.807) is 12.1 Å². The molecule has 0 saturated heterocycles. The maximum atomic E-state index is 12.6. The van der Waals surface area contributed by atoms with Crippen molar-refractivity contribution in [2.45, 2.75) is 44.6 Å². The number of aliphatic hydroxyl groups excluding tert-OH is 1. The zero-order valence-corrected chi connectivity index (χ0v) is 11.7. The Balaban J connectivity index is 2.04. The lowest BCUT2D eigenvalue weighted by Crippen LogP contribution is -2.55. The van der Waals surface area contributed by atoms with Gasteiger partial charge in [0.25, 0.3) is 11.8 Å². The molecular weight excluding hydrogens is 254 g/mol. The van der Waals surface area contributed by atoms with Gasteiger partial charge in [0.15, 0.2) is 0 Å². The molecule has 1 heterocycles. The van der Waals surface area contributed by atoms with Gasteiger partial charge >= 0.3 is 0 Å². The van der Waals surface area contributed by atoms with E-state index < -0.39 is 5.54 Å². The number of carbonyl (C=O) groups excluding carboxylic acids is 2. The summed E-state index contributed by atoms with van der Waals surface area (Å²) in [6.45, 7) is 1.76. The third kappa shape index (κ3) is 1.79. The van der Waals surface area contributed by atoms with Crippen molar-refractivity contribution in [2.24, 2.45) is 0 Å². The molecule has 1 aromatic carbocycles. The van der Waals surface area contributed by atoms with Crippen molar-refractivity contribution in [2.75, 3.05) is 6.61 Å². The molecule has 1 aliphatic heterocycles. The highest BCUT2D eigenvalue weighted by atomic mass is 16.3. The van der Waals surface area contributed by atoms with Crippen molar-refractivity contribution in [1.29, 1.82) is 0 Å². The Bertz CT molecular complexity index is 573. The van der Waals surface area contributed by atoms with Gasteiger partial charge in [0.2, 0.25) is 0 Å². The number of carbonyl (C=O) groups is 2. The average molecular weight is 273 g/mol. The normalized spacial score (nSPS) is 21.2. The van der Waals surface area contributed by atoms with E-state index in [4.69, 9.17) is 0 Å². The number of amides is 2. The fourth-order valence-electron chi connectivity index (χ4n) is 3.45. The summed E-state index contributed by atoms with van der Waals surface area (Å²) < 4.78 is 0. The van der Waals surface area contributed by atoms with Gasteiger partial charge in [0.1, 0.15) is 0 Å². The van der Waals surface area contributed by atoms with E-state index in [1.807, 2.05) is 13.0 Å². The van der Waals surface area contributed by atoms with Crippen molar-refractivity contribution in [3.05, 3.63) is 34.9 Å². The van der Waals surface area contributed by atoms with Crippen LogP contribution in [0.25, 0.3) is 0 Å². The second kappa shape index (κ2) is 4.70. The molecule has 0 atom stereocenters. The van der Waals surface area contributed by atoms with E-state index in [1.165, 1.54) is 4.90 Å². The number of hydrogen-bond donors (Lipinski definition) is 1. The summed E-state index contributed by atoms with van der Waals surface area (Å²) in [5.41, 5.74) is 1.22. The maximum absolute atomic E-state index is 12.6. The number of rotatable bonds is 2. The highest BCUT2D eigenvalue weighted by Gasteiger charge is 2.48. The number of aryl methyl sites for hydroxylation is 1. The molecule has 1 aromatic rings. The topological polar surface area (TPSA) is 57.6 Å². The Morgan fingerprint density at radius 1 is 1.10 bits per heavy atom. The minimum atomic E-state index is -0.695. The van der Waals surface area contributed by atoms with E-state index in [9.17, 15) is 14.7 Å². The van der Waals surface area contributed by atoms with Gasteiger partial charge in [-0.2, -0.15) is 0 Å². The van der Waals surface area contributed by atoms with Crippen molar-refractivity contribution >= 4 is 11.8 Å². The highest BCUT2D eigenvalue weighted by Crippen LogP contribution is 2.38. The maximum Gasteiger partial charge on any atom is 0.262 e. The Hall–Kier alpha value is -1.68. The van der Waals surface area contributed by atoms with Crippen LogP contribution in [-0.2, 0) is 0 Å². The molecule has 0 spiro atoms. The van der Waals surface area contributed by atoms with E-state index in [0.29, 0.717) is 24.0 Å². The van der Waals surface area contributed by atoms with Gasteiger partial charge < -0.3 is 5.11 Å². The molecule has 4 nitrogen and oxygen atoms in total. The number of aliphatic hydroxyl groups is 1. The summed E-state index contributed by atoms with van der Waals surface area (Å²) in [6.07, 6.45) is 4.41. The third-order valence-corrected chi connectivity index (χ3v) is 4.59. The largest absolute Gasteiger partial charge is 0.394 e. The molecule has 1 saturated carbocycles. The molecule has 1 fully saturated rings. The summed E-state index contributed by atoms with van der Waals surface area (Å²) in [5, 5.41) is 9.82.